The van der Waals surface area contributed by atoms with E-state index in [1.165, 1.54) is 51.4 Å². The minimum Gasteiger partial charge on any atom is -0.462 e. The minimum atomic E-state index is -4.39. The van der Waals surface area contributed by atoms with Crippen molar-refractivity contribution in [2.45, 2.75) is 174 Å². The molecule has 0 amide bonds. The number of rotatable bonds is 38. The van der Waals surface area contributed by atoms with E-state index in [4.69, 9.17) is 24.3 Å². The molecule has 0 heterocycles. The van der Waals surface area contributed by atoms with Crippen molar-refractivity contribution in [2.24, 2.45) is 5.73 Å². The molecule has 9 nitrogen and oxygen atoms in total. The number of nitrogens with two attached hydrogens (primary N) is 1. The predicted molar refractivity (Wildman–Crippen MR) is 219 cm³/mol. The fraction of sp³-hybridized carbons (Fsp3) is 0.721. The average molecular weight is 766 g/mol. The van der Waals surface area contributed by atoms with Crippen LogP contribution in [0.1, 0.15) is 168 Å². The molecule has 0 spiro atoms. The van der Waals surface area contributed by atoms with Crippen LogP contribution in [0.15, 0.2) is 60.8 Å². The molecule has 0 fully saturated rings. The highest BCUT2D eigenvalue weighted by atomic mass is 31.2. The van der Waals surface area contributed by atoms with Crippen LogP contribution in [0.5, 0.6) is 0 Å². The normalized spacial score (nSPS) is 14.0. The monoisotopic (exact) mass is 766 g/mol. The summed E-state index contributed by atoms with van der Waals surface area (Å²) in [7, 11) is -4.39. The number of ether oxygens (including phenoxy) is 2. The Morgan fingerprint density at radius 1 is 0.566 bits per heavy atom. The summed E-state index contributed by atoms with van der Waals surface area (Å²) >= 11 is 0. The molecule has 0 aromatic heterocycles. The van der Waals surface area contributed by atoms with Gasteiger partial charge in [-0.15, -0.1) is 0 Å². The number of esters is 2. The van der Waals surface area contributed by atoms with E-state index in [2.05, 4.69) is 74.6 Å². The van der Waals surface area contributed by atoms with Crippen molar-refractivity contribution >= 4 is 19.8 Å². The van der Waals surface area contributed by atoms with Gasteiger partial charge in [-0.2, -0.15) is 0 Å². The van der Waals surface area contributed by atoms with Crippen LogP contribution >= 0.6 is 7.82 Å². The highest BCUT2D eigenvalue weighted by Crippen LogP contribution is 2.43. The van der Waals surface area contributed by atoms with Crippen molar-refractivity contribution in [2.75, 3.05) is 26.4 Å². The van der Waals surface area contributed by atoms with Gasteiger partial charge >= 0.3 is 19.8 Å². The molecule has 3 N–H and O–H groups in total. The number of hydrogen-bond donors (Lipinski definition) is 2. The Kier molecular flexibility index (Phi) is 37.7. The van der Waals surface area contributed by atoms with Gasteiger partial charge in [0.05, 0.1) is 13.2 Å². The summed E-state index contributed by atoms with van der Waals surface area (Å²) in [5, 5.41) is 0. The van der Waals surface area contributed by atoms with Gasteiger partial charge in [0.2, 0.25) is 0 Å². The zero-order valence-electron chi connectivity index (χ0n) is 33.5. The molecular weight excluding hydrogens is 689 g/mol. The first-order chi connectivity index (χ1) is 25.8. The van der Waals surface area contributed by atoms with E-state index >= 15 is 0 Å². The molecule has 0 rings (SSSR count). The van der Waals surface area contributed by atoms with E-state index in [0.29, 0.717) is 12.8 Å². The Bertz CT molecular complexity index is 1050. The first-order valence-electron chi connectivity index (χ1n) is 20.8. The van der Waals surface area contributed by atoms with Crippen LogP contribution in [0, 0.1) is 0 Å². The van der Waals surface area contributed by atoms with Gasteiger partial charge < -0.3 is 20.1 Å². The smallest absolute Gasteiger partial charge is 0.462 e. The largest absolute Gasteiger partial charge is 0.472 e. The van der Waals surface area contributed by atoms with Crippen LogP contribution in [0.25, 0.3) is 0 Å². The molecule has 0 saturated carbocycles. The number of allylic oxidation sites excluding steroid dienone is 10. The Morgan fingerprint density at radius 3 is 1.45 bits per heavy atom. The van der Waals surface area contributed by atoms with Crippen molar-refractivity contribution in [3.05, 3.63) is 60.8 Å². The highest BCUT2D eigenvalue weighted by Gasteiger charge is 2.25. The zero-order valence-corrected chi connectivity index (χ0v) is 34.4. The third-order valence-electron chi connectivity index (χ3n) is 8.38. The number of carbonyl (C=O) groups excluding carboxylic acids is 2. The molecule has 0 aromatic carbocycles. The van der Waals surface area contributed by atoms with Crippen molar-refractivity contribution in [3.63, 3.8) is 0 Å². The fourth-order valence-electron chi connectivity index (χ4n) is 5.26. The molecule has 2 atom stereocenters. The molecule has 0 bridgehead atoms. The van der Waals surface area contributed by atoms with Crippen LogP contribution in [-0.2, 0) is 32.7 Å². The number of carbonyl (C=O) groups is 2. The predicted octanol–water partition coefficient (Wildman–Crippen LogP) is 11.7. The number of unbranched alkanes of at least 4 members (excludes halogenated alkanes) is 15. The van der Waals surface area contributed by atoms with Crippen LogP contribution < -0.4 is 5.73 Å². The Balaban J connectivity index is 4.26. The van der Waals surface area contributed by atoms with Gasteiger partial charge in [0.1, 0.15) is 6.61 Å². The lowest BCUT2D eigenvalue weighted by Crippen LogP contribution is -2.29. The van der Waals surface area contributed by atoms with Crippen molar-refractivity contribution < 1.29 is 37.6 Å². The first kappa shape index (κ1) is 50.7. The Morgan fingerprint density at radius 2 is 0.981 bits per heavy atom. The molecule has 0 aliphatic heterocycles. The minimum absolute atomic E-state index is 0.0450. The molecular formula is C43H76NO8P. The lowest BCUT2D eigenvalue weighted by atomic mass is 10.1. The van der Waals surface area contributed by atoms with E-state index < -0.39 is 32.5 Å². The molecule has 1 unspecified atom stereocenters. The lowest BCUT2D eigenvalue weighted by Gasteiger charge is -2.19. The SMILES string of the molecule is CCCCC/C=C\C/C=C\C/C=C\CCCCCCC(=O)OC[C@H](COP(=O)(O)OCCN)OC(=O)CCCCCCC/C=C\C/C=C\CCCCC. The van der Waals surface area contributed by atoms with Gasteiger partial charge in [-0.1, -0.05) is 132 Å². The maximum absolute atomic E-state index is 12.6. The molecule has 0 aromatic rings. The van der Waals surface area contributed by atoms with Gasteiger partial charge in [-0.25, -0.2) is 4.57 Å². The summed E-state index contributed by atoms with van der Waals surface area (Å²) in [5.74, 6) is -0.875. The second kappa shape index (κ2) is 39.4. The lowest BCUT2D eigenvalue weighted by molar-refractivity contribution is -0.161. The molecule has 0 aliphatic rings. The number of phosphoric acid groups is 1. The van der Waals surface area contributed by atoms with Gasteiger partial charge in [-0.05, 0) is 83.5 Å². The van der Waals surface area contributed by atoms with Crippen LogP contribution in [0.2, 0.25) is 0 Å². The summed E-state index contributed by atoms with van der Waals surface area (Å²) in [5.41, 5.74) is 5.34. The average Bonchev–Trinajstić information content (AvgIpc) is 3.14. The van der Waals surface area contributed by atoms with E-state index in [1.54, 1.807) is 0 Å². The molecule has 53 heavy (non-hydrogen) atoms. The number of hydrogen-bond acceptors (Lipinski definition) is 8. The van der Waals surface area contributed by atoms with Crippen LogP contribution in [0.4, 0.5) is 0 Å². The topological polar surface area (TPSA) is 134 Å². The van der Waals surface area contributed by atoms with Crippen LogP contribution in [-0.4, -0.2) is 49.3 Å². The summed E-state index contributed by atoms with van der Waals surface area (Å²) in [6, 6.07) is 0. The van der Waals surface area contributed by atoms with E-state index in [-0.39, 0.29) is 32.6 Å². The van der Waals surface area contributed by atoms with Crippen LogP contribution in [0.3, 0.4) is 0 Å². The van der Waals surface area contributed by atoms with E-state index in [1.807, 2.05) is 0 Å². The summed E-state index contributed by atoms with van der Waals surface area (Å²) < 4.78 is 32.7. The van der Waals surface area contributed by atoms with Crippen molar-refractivity contribution in [1.29, 1.82) is 0 Å². The molecule has 306 valence electrons. The summed E-state index contributed by atoms with van der Waals surface area (Å²) in [6.07, 6.45) is 45.3. The molecule has 10 heteroatoms. The standard InChI is InChI=1S/C43H76NO8P/c1-3-5-7-9-11-13-15-17-19-20-22-23-25-27-29-31-33-35-42(45)49-39-41(40-51-53(47,48)50-38-37-44)52-43(46)36-34-32-30-28-26-24-21-18-16-14-12-10-8-6-4-2/h11-14,17-19,21-23,41H,3-10,15-16,20,24-40,44H2,1-2H3,(H,47,48)/b13-11-,14-12-,19-17-,21-18-,23-22-/t41-/m1/s1. The Hall–Kier alpha value is -2.29. The fourth-order valence-corrected chi connectivity index (χ4v) is 6.02. The second-order valence-corrected chi connectivity index (χ2v) is 14.9. The third kappa shape index (κ3) is 39.2. The quantitative estimate of drug-likeness (QED) is 0.0272. The maximum atomic E-state index is 12.6. The second-order valence-electron chi connectivity index (χ2n) is 13.5. The van der Waals surface area contributed by atoms with Crippen molar-refractivity contribution in [3.8, 4) is 0 Å². The van der Waals surface area contributed by atoms with Gasteiger partial charge in [-0.3, -0.25) is 18.6 Å². The van der Waals surface area contributed by atoms with Crippen molar-refractivity contribution in [1.82, 2.24) is 0 Å². The van der Waals surface area contributed by atoms with Gasteiger partial charge in [0.15, 0.2) is 6.10 Å². The highest BCUT2D eigenvalue weighted by molar-refractivity contribution is 7.47. The third-order valence-corrected chi connectivity index (χ3v) is 9.36. The molecule has 0 radical (unpaired) electrons. The Labute approximate surface area is 323 Å². The maximum Gasteiger partial charge on any atom is 0.472 e. The first-order valence-corrected chi connectivity index (χ1v) is 22.3. The molecule has 0 saturated heterocycles. The zero-order chi connectivity index (χ0) is 38.9. The van der Waals surface area contributed by atoms with Gasteiger partial charge in [0.25, 0.3) is 0 Å². The molecule has 0 aliphatic carbocycles. The number of phosphoric ester groups is 1. The summed E-state index contributed by atoms with van der Waals surface area (Å²) in [4.78, 5) is 34.8. The van der Waals surface area contributed by atoms with E-state index in [9.17, 15) is 19.0 Å². The summed E-state index contributed by atoms with van der Waals surface area (Å²) in [6.45, 7) is 3.62. The van der Waals surface area contributed by atoms with Gasteiger partial charge in [0, 0.05) is 19.4 Å². The van der Waals surface area contributed by atoms with E-state index in [0.717, 1.165) is 77.0 Å².